The van der Waals surface area contributed by atoms with Crippen molar-refractivity contribution < 1.29 is 28.6 Å². The molecule has 1 fully saturated rings. The maximum absolute atomic E-state index is 13.1. The van der Waals surface area contributed by atoms with Crippen LogP contribution in [0.3, 0.4) is 0 Å². The Morgan fingerprint density at radius 2 is 1.60 bits per heavy atom. The van der Waals surface area contributed by atoms with Gasteiger partial charge >= 0.3 is 12.2 Å². The fourth-order valence-electron chi connectivity index (χ4n) is 4.92. The molecule has 1 atom stereocenters. The Labute approximate surface area is 236 Å². The van der Waals surface area contributed by atoms with Gasteiger partial charge < -0.3 is 29.0 Å². The number of ether oxygens (including phenoxy) is 3. The van der Waals surface area contributed by atoms with Gasteiger partial charge in [0.2, 0.25) is 0 Å². The molecule has 0 saturated carbocycles. The van der Waals surface area contributed by atoms with Crippen molar-refractivity contribution in [3.05, 3.63) is 41.9 Å². The molecular weight excluding hydrogens is 512 g/mol. The highest BCUT2D eigenvalue weighted by Gasteiger charge is 2.28. The van der Waals surface area contributed by atoms with Crippen LogP contribution in [0.5, 0.6) is 0 Å². The van der Waals surface area contributed by atoms with Crippen LogP contribution in [0.2, 0.25) is 0 Å². The third kappa shape index (κ3) is 8.22. The summed E-state index contributed by atoms with van der Waals surface area (Å²) in [6.07, 6.45) is 3.68. The molecule has 10 heteroatoms. The molecule has 0 bridgehead atoms. The number of alkyl carbamates (subject to hydrolysis) is 1. The average molecular weight is 555 g/mol. The number of hydrogen-bond acceptors (Lipinski definition) is 7. The summed E-state index contributed by atoms with van der Waals surface area (Å²) in [7, 11) is 0. The second-order valence-corrected chi connectivity index (χ2v) is 12.6. The molecule has 2 aliphatic rings. The number of carbonyl (C=O) groups excluding carboxylic acids is 3. The summed E-state index contributed by atoms with van der Waals surface area (Å²) < 4.78 is 18.1. The van der Waals surface area contributed by atoms with E-state index in [1.165, 1.54) is 0 Å². The van der Waals surface area contributed by atoms with Crippen molar-refractivity contribution in [2.24, 2.45) is 5.92 Å². The molecule has 0 aliphatic carbocycles. The van der Waals surface area contributed by atoms with Crippen LogP contribution >= 0.6 is 0 Å². The molecular formula is C30H42N4O6. The summed E-state index contributed by atoms with van der Waals surface area (Å²) in [6, 6.07) is 7.54. The minimum Gasteiger partial charge on any atom is -0.444 e. The predicted octanol–water partition coefficient (Wildman–Crippen LogP) is 5.19. The number of piperidine rings is 1. The van der Waals surface area contributed by atoms with Crippen LogP contribution in [0, 0.1) is 5.92 Å². The molecule has 0 radical (unpaired) electrons. The van der Waals surface area contributed by atoms with E-state index in [0.717, 1.165) is 36.5 Å². The fourth-order valence-corrected chi connectivity index (χ4v) is 4.92. The van der Waals surface area contributed by atoms with Gasteiger partial charge in [-0.2, -0.15) is 0 Å². The van der Waals surface area contributed by atoms with Crippen molar-refractivity contribution in [1.29, 1.82) is 0 Å². The van der Waals surface area contributed by atoms with E-state index in [1.807, 2.05) is 51.2 Å². The lowest BCUT2D eigenvalue weighted by Gasteiger charge is -2.32. The zero-order valence-electron chi connectivity index (χ0n) is 24.5. The Balaban J connectivity index is 1.28. The summed E-state index contributed by atoms with van der Waals surface area (Å²) in [4.78, 5) is 43.6. The van der Waals surface area contributed by atoms with E-state index in [1.54, 1.807) is 25.7 Å². The van der Waals surface area contributed by atoms with E-state index in [2.05, 4.69) is 9.88 Å². The molecule has 2 amide bonds. The molecule has 40 heavy (non-hydrogen) atoms. The molecule has 10 nitrogen and oxygen atoms in total. The molecule has 1 unspecified atom stereocenters. The summed E-state index contributed by atoms with van der Waals surface area (Å²) in [6.45, 7) is 13.3. The van der Waals surface area contributed by atoms with Crippen LogP contribution in [-0.2, 0) is 27.2 Å². The molecule has 2 aliphatic heterocycles. The Kier molecular flexibility index (Phi) is 8.75. The molecule has 3 heterocycles. The number of rotatable bonds is 5. The standard InChI is InChI=1S/C30H42N4O6/c1-29(2,3)39-27(36)31-17-20-7-12-25-32-24(19-34(25)18-20)21-8-10-22(11-9-21)26(35)33-15-13-23(14-16-33)38-28(37)40-30(4,5)6/h8-11,19-20,23H,7,12-18H2,1-6H3,(H,31,36). The third-order valence-corrected chi connectivity index (χ3v) is 6.83. The normalized spacial score (nSPS) is 18.1. The zero-order valence-corrected chi connectivity index (χ0v) is 24.5. The second kappa shape index (κ2) is 11.9. The van der Waals surface area contributed by atoms with Gasteiger partial charge in [0, 0.05) is 62.8 Å². The highest BCUT2D eigenvalue weighted by atomic mass is 16.7. The van der Waals surface area contributed by atoms with Gasteiger partial charge in [-0.25, -0.2) is 14.6 Å². The van der Waals surface area contributed by atoms with E-state index < -0.39 is 23.5 Å². The molecule has 1 aromatic carbocycles. The molecule has 1 aromatic heterocycles. The number of fused-ring (bicyclic) bond motifs is 1. The van der Waals surface area contributed by atoms with Gasteiger partial charge in [0.15, 0.2) is 0 Å². The van der Waals surface area contributed by atoms with Crippen LogP contribution < -0.4 is 5.32 Å². The predicted molar refractivity (Wildman–Crippen MR) is 150 cm³/mol. The largest absolute Gasteiger partial charge is 0.509 e. The molecule has 4 rings (SSSR count). The first-order valence-electron chi connectivity index (χ1n) is 14.1. The van der Waals surface area contributed by atoms with Crippen LogP contribution in [0.4, 0.5) is 9.59 Å². The van der Waals surface area contributed by atoms with Crippen LogP contribution in [0.1, 0.15) is 77.0 Å². The maximum Gasteiger partial charge on any atom is 0.509 e. The zero-order chi connectivity index (χ0) is 29.1. The number of nitrogens with zero attached hydrogens (tertiary/aromatic N) is 3. The van der Waals surface area contributed by atoms with Gasteiger partial charge in [-0.15, -0.1) is 0 Å². The highest BCUT2D eigenvalue weighted by Crippen LogP contribution is 2.26. The van der Waals surface area contributed by atoms with Crippen molar-refractivity contribution in [1.82, 2.24) is 19.8 Å². The van der Waals surface area contributed by atoms with Crippen LogP contribution in [0.15, 0.2) is 30.5 Å². The molecule has 0 spiro atoms. The first kappa shape index (κ1) is 29.4. The molecule has 2 aromatic rings. The monoisotopic (exact) mass is 554 g/mol. The van der Waals surface area contributed by atoms with Gasteiger partial charge in [-0.05, 0) is 66.0 Å². The lowest BCUT2D eigenvalue weighted by Crippen LogP contribution is -2.41. The topological polar surface area (TPSA) is 112 Å². The van der Waals surface area contributed by atoms with Crippen LogP contribution in [-0.4, -0.2) is 69.5 Å². The van der Waals surface area contributed by atoms with E-state index >= 15 is 0 Å². The molecule has 218 valence electrons. The van der Waals surface area contributed by atoms with Crippen molar-refractivity contribution in [3.8, 4) is 11.3 Å². The van der Waals surface area contributed by atoms with Crippen LogP contribution in [0.25, 0.3) is 11.3 Å². The Hall–Kier alpha value is -3.56. The Morgan fingerprint density at radius 3 is 2.23 bits per heavy atom. The number of imidazole rings is 1. The maximum atomic E-state index is 13.1. The molecule has 1 N–H and O–H groups in total. The van der Waals surface area contributed by atoms with Gasteiger partial charge in [-0.3, -0.25) is 4.79 Å². The first-order chi connectivity index (χ1) is 18.8. The number of aromatic nitrogens is 2. The third-order valence-electron chi connectivity index (χ3n) is 6.83. The smallest absolute Gasteiger partial charge is 0.444 e. The van der Waals surface area contributed by atoms with Gasteiger partial charge in [0.25, 0.3) is 5.91 Å². The quantitative estimate of drug-likeness (QED) is 0.506. The number of aryl methyl sites for hydroxylation is 1. The number of benzene rings is 1. The average Bonchev–Trinajstić information content (AvgIpc) is 3.29. The number of likely N-dealkylation sites (tertiary alicyclic amines) is 1. The van der Waals surface area contributed by atoms with Crippen molar-refractivity contribution in [2.45, 2.75) is 91.1 Å². The van der Waals surface area contributed by atoms with E-state index in [-0.39, 0.29) is 12.0 Å². The minimum atomic E-state index is -0.665. The fraction of sp³-hybridized carbons (Fsp3) is 0.600. The first-order valence-corrected chi connectivity index (χ1v) is 14.1. The minimum absolute atomic E-state index is 0.0354. The molecule has 1 saturated heterocycles. The summed E-state index contributed by atoms with van der Waals surface area (Å²) >= 11 is 0. The number of carbonyl (C=O) groups is 3. The van der Waals surface area contributed by atoms with Crippen molar-refractivity contribution in [3.63, 3.8) is 0 Å². The van der Waals surface area contributed by atoms with Crippen molar-refractivity contribution >= 4 is 18.2 Å². The Bertz CT molecular complexity index is 1200. The lowest BCUT2D eigenvalue weighted by atomic mass is 9.99. The van der Waals surface area contributed by atoms with Gasteiger partial charge in [0.05, 0.1) is 5.69 Å². The number of hydrogen-bond donors (Lipinski definition) is 1. The Morgan fingerprint density at radius 1 is 0.950 bits per heavy atom. The summed E-state index contributed by atoms with van der Waals surface area (Å²) in [5.74, 6) is 1.30. The lowest BCUT2D eigenvalue weighted by molar-refractivity contribution is -0.0375. The number of nitrogens with one attached hydrogen (secondary N) is 1. The van der Waals surface area contributed by atoms with Crippen molar-refractivity contribution in [2.75, 3.05) is 19.6 Å². The highest BCUT2D eigenvalue weighted by molar-refractivity contribution is 5.94. The summed E-state index contributed by atoms with van der Waals surface area (Å²) in [5.41, 5.74) is 1.32. The SMILES string of the molecule is CC(C)(C)OC(=O)NCC1CCc2nc(-c3ccc(C(=O)N4CCC(OC(=O)OC(C)(C)C)CC4)cc3)cn2C1. The second-order valence-electron chi connectivity index (χ2n) is 12.6. The van der Waals surface area contributed by atoms with E-state index in [4.69, 9.17) is 19.2 Å². The van der Waals surface area contributed by atoms with E-state index in [0.29, 0.717) is 44.0 Å². The number of amides is 2. The van der Waals surface area contributed by atoms with Gasteiger partial charge in [-0.1, -0.05) is 12.1 Å². The van der Waals surface area contributed by atoms with Gasteiger partial charge in [0.1, 0.15) is 23.1 Å². The van der Waals surface area contributed by atoms with E-state index in [9.17, 15) is 14.4 Å². The summed E-state index contributed by atoms with van der Waals surface area (Å²) in [5, 5.41) is 2.88.